The number of carboxylic acids is 1. The highest BCUT2D eigenvalue weighted by atomic mass is 16.4. The van der Waals surface area contributed by atoms with E-state index in [2.05, 4.69) is 6.07 Å². The first-order valence-electron chi connectivity index (χ1n) is 7.66. The molecule has 0 heterocycles. The minimum absolute atomic E-state index is 0.136. The van der Waals surface area contributed by atoms with Crippen LogP contribution in [0, 0.1) is 0 Å². The highest BCUT2D eigenvalue weighted by molar-refractivity contribution is 5.76. The summed E-state index contributed by atoms with van der Waals surface area (Å²) in [5, 5.41) is 18.4. The van der Waals surface area contributed by atoms with Crippen LogP contribution in [0.2, 0.25) is 0 Å². The highest BCUT2D eigenvalue weighted by Crippen LogP contribution is 2.38. The third kappa shape index (κ3) is 3.60. The molecule has 2 N–H and O–H groups in total. The molecular weight excluding hydrogens is 252 g/mol. The fourth-order valence-corrected chi connectivity index (χ4v) is 3.31. The van der Waals surface area contributed by atoms with Crippen molar-refractivity contribution in [1.82, 2.24) is 0 Å². The number of aliphatic hydroxyl groups is 1. The van der Waals surface area contributed by atoms with Gasteiger partial charge in [-0.25, -0.2) is 0 Å². The van der Waals surface area contributed by atoms with Crippen LogP contribution in [0.3, 0.4) is 0 Å². The fraction of sp³-hybridized carbons (Fsp3) is 0.588. The van der Waals surface area contributed by atoms with Gasteiger partial charge in [-0.3, -0.25) is 4.79 Å². The van der Waals surface area contributed by atoms with E-state index in [0.717, 1.165) is 12.0 Å². The lowest BCUT2D eigenvalue weighted by Crippen LogP contribution is -2.15. The molecule has 1 aliphatic rings. The van der Waals surface area contributed by atoms with Gasteiger partial charge in [0.1, 0.15) is 0 Å². The summed E-state index contributed by atoms with van der Waals surface area (Å²) in [6.07, 6.45) is 6.91. The Kier molecular flexibility index (Phi) is 5.60. The van der Waals surface area contributed by atoms with Crippen LogP contribution in [-0.4, -0.2) is 22.8 Å². The van der Waals surface area contributed by atoms with Crippen molar-refractivity contribution in [2.24, 2.45) is 0 Å². The molecule has 1 unspecified atom stereocenters. The molecule has 1 saturated carbocycles. The second-order valence-corrected chi connectivity index (χ2v) is 5.72. The van der Waals surface area contributed by atoms with Crippen molar-refractivity contribution >= 4 is 5.97 Å². The molecule has 2 rings (SSSR count). The Morgan fingerprint density at radius 2 is 1.90 bits per heavy atom. The maximum absolute atomic E-state index is 11.6. The Labute approximate surface area is 120 Å². The molecule has 0 radical (unpaired) electrons. The van der Waals surface area contributed by atoms with Gasteiger partial charge < -0.3 is 10.2 Å². The number of aliphatic hydroxyl groups excluding tert-OH is 1. The minimum atomic E-state index is -0.742. The van der Waals surface area contributed by atoms with E-state index < -0.39 is 11.9 Å². The van der Waals surface area contributed by atoms with E-state index in [1.165, 1.54) is 31.2 Å². The first-order chi connectivity index (χ1) is 9.74. The Bertz CT molecular complexity index is 436. The van der Waals surface area contributed by atoms with Gasteiger partial charge >= 0.3 is 5.97 Å². The molecule has 0 bridgehead atoms. The average molecular weight is 276 g/mol. The fourth-order valence-electron chi connectivity index (χ4n) is 3.31. The van der Waals surface area contributed by atoms with Gasteiger partial charge in [-0.1, -0.05) is 37.1 Å². The van der Waals surface area contributed by atoms with Crippen molar-refractivity contribution in [2.45, 2.75) is 56.8 Å². The van der Waals surface area contributed by atoms with Crippen LogP contribution in [0.4, 0.5) is 0 Å². The average Bonchev–Trinajstić information content (AvgIpc) is 2.97. The number of rotatable bonds is 7. The number of hydrogen-bond donors (Lipinski definition) is 2. The quantitative estimate of drug-likeness (QED) is 0.747. The lowest BCUT2D eigenvalue weighted by molar-refractivity contribution is -0.139. The number of benzene rings is 1. The summed E-state index contributed by atoms with van der Waals surface area (Å²) >= 11 is 0. The number of hydrogen-bond acceptors (Lipinski definition) is 2. The topological polar surface area (TPSA) is 57.5 Å². The van der Waals surface area contributed by atoms with E-state index in [4.69, 9.17) is 5.11 Å². The van der Waals surface area contributed by atoms with E-state index >= 15 is 0 Å². The first kappa shape index (κ1) is 15.0. The van der Waals surface area contributed by atoms with E-state index in [1.807, 2.05) is 18.2 Å². The van der Waals surface area contributed by atoms with E-state index in [1.54, 1.807) is 0 Å². The maximum atomic E-state index is 11.6. The first-order valence-corrected chi connectivity index (χ1v) is 7.66. The molecular formula is C17H24O3. The molecule has 1 aromatic carbocycles. The van der Waals surface area contributed by atoms with Gasteiger partial charge in [0.2, 0.25) is 0 Å². The predicted octanol–water partition coefficient (Wildman–Crippen LogP) is 3.68. The van der Waals surface area contributed by atoms with Gasteiger partial charge in [-0.15, -0.1) is 0 Å². The van der Waals surface area contributed by atoms with Crippen molar-refractivity contribution in [1.29, 1.82) is 0 Å². The van der Waals surface area contributed by atoms with Crippen molar-refractivity contribution in [3.63, 3.8) is 0 Å². The summed E-state index contributed by atoms with van der Waals surface area (Å²) in [6.45, 7) is 0.136. The van der Waals surface area contributed by atoms with Crippen LogP contribution < -0.4 is 0 Å². The van der Waals surface area contributed by atoms with Crippen LogP contribution >= 0.6 is 0 Å². The summed E-state index contributed by atoms with van der Waals surface area (Å²) < 4.78 is 0. The van der Waals surface area contributed by atoms with Crippen molar-refractivity contribution in [3.05, 3.63) is 35.4 Å². The second-order valence-electron chi connectivity index (χ2n) is 5.72. The number of carbonyl (C=O) groups is 1. The lowest BCUT2D eigenvalue weighted by atomic mass is 9.84. The Hall–Kier alpha value is -1.35. The van der Waals surface area contributed by atoms with E-state index in [9.17, 15) is 9.90 Å². The van der Waals surface area contributed by atoms with Crippen LogP contribution in [-0.2, 0) is 4.79 Å². The Morgan fingerprint density at radius 3 is 2.55 bits per heavy atom. The predicted molar refractivity (Wildman–Crippen MR) is 79.0 cm³/mol. The van der Waals surface area contributed by atoms with Gasteiger partial charge in [0.25, 0.3) is 0 Å². The number of carboxylic acid groups (broad SMARTS) is 1. The molecule has 1 aromatic rings. The zero-order chi connectivity index (χ0) is 14.4. The molecule has 3 heteroatoms. The second kappa shape index (κ2) is 7.44. The van der Waals surface area contributed by atoms with Gasteiger partial charge in [0, 0.05) is 6.61 Å². The summed E-state index contributed by atoms with van der Waals surface area (Å²) in [7, 11) is 0. The third-order valence-electron chi connectivity index (χ3n) is 4.37. The molecule has 1 atom stereocenters. The maximum Gasteiger partial charge on any atom is 0.310 e. The zero-order valence-electron chi connectivity index (χ0n) is 11.9. The van der Waals surface area contributed by atoms with E-state index in [0.29, 0.717) is 18.8 Å². The number of aliphatic carboxylic acids is 1. The van der Waals surface area contributed by atoms with Crippen molar-refractivity contribution in [3.8, 4) is 0 Å². The highest BCUT2D eigenvalue weighted by Gasteiger charge is 2.26. The summed E-state index contributed by atoms with van der Waals surface area (Å²) in [4.78, 5) is 11.6. The summed E-state index contributed by atoms with van der Waals surface area (Å²) in [5.74, 6) is -0.641. The largest absolute Gasteiger partial charge is 0.481 e. The zero-order valence-corrected chi connectivity index (χ0v) is 11.9. The molecule has 0 saturated heterocycles. The standard InChI is InChI=1S/C17H24O3/c18-12-6-5-11-16(17(19)20)15-10-4-3-9-14(15)13-7-1-2-8-13/h3-4,9-10,13,16,18H,1-2,5-8,11-12H2,(H,19,20). The van der Waals surface area contributed by atoms with E-state index in [-0.39, 0.29) is 6.61 Å². The minimum Gasteiger partial charge on any atom is -0.481 e. The Morgan fingerprint density at radius 1 is 1.20 bits per heavy atom. The monoisotopic (exact) mass is 276 g/mol. The van der Waals surface area contributed by atoms with Crippen LogP contribution in [0.5, 0.6) is 0 Å². The molecule has 20 heavy (non-hydrogen) atoms. The molecule has 110 valence electrons. The van der Waals surface area contributed by atoms with Gasteiger partial charge in [-0.2, -0.15) is 0 Å². The molecule has 0 aromatic heterocycles. The van der Waals surface area contributed by atoms with Crippen LogP contribution in [0.25, 0.3) is 0 Å². The molecule has 0 amide bonds. The van der Waals surface area contributed by atoms with Crippen molar-refractivity contribution < 1.29 is 15.0 Å². The SMILES string of the molecule is O=C(O)C(CCCCO)c1ccccc1C1CCCC1. The normalized spacial score (nSPS) is 17.2. The molecule has 1 fully saturated rings. The van der Waals surface area contributed by atoms with Crippen molar-refractivity contribution in [2.75, 3.05) is 6.61 Å². The van der Waals surface area contributed by atoms with Gasteiger partial charge in [0.15, 0.2) is 0 Å². The van der Waals surface area contributed by atoms with Gasteiger partial charge in [0.05, 0.1) is 5.92 Å². The molecule has 3 nitrogen and oxygen atoms in total. The summed E-state index contributed by atoms with van der Waals surface area (Å²) in [5.41, 5.74) is 2.23. The van der Waals surface area contributed by atoms with Crippen LogP contribution in [0.15, 0.2) is 24.3 Å². The molecule has 1 aliphatic carbocycles. The lowest BCUT2D eigenvalue weighted by Gasteiger charge is -2.20. The third-order valence-corrected chi connectivity index (χ3v) is 4.37. The van der Waals surface area contributed by atoms with Crippen LogP contribution in [0.1, 0.15) is 67.9 Å². The molecule has 0 spiro atoms. The summed E-state index contributed by atoms with van der Waals surface area (Å²) in [6, 6.07) is 8.04. The molecule has 0 aliphatic heterocycles. The van der Waals surface area contributed by atoms with Gasteiger partial charge in [-0.05, 0) is 49.1 Å². The number of unbranched alkanes of at least 4 members (excludes halogenated alkanes) is 1. The smallest absolute Gasteiger partial charge is 0.310 e. The Balaban J connectivity index is 2.20.